The number of hydrogen-bond donors (Lipinski definition) is 0. The first-order chi connectivity index (χ1) is 13.8. The minimum atomic E-state index is -2.07. The summed E-state index contributed by atoms with van der Waals surface area (Å²) in [6.07, 6.45) is 5.21. The lowest BCUT2D eigenvalue weighted by molar-refractivity contribution is -0.136. The number of hydrogen-bond acceptors (Lipinski definition) is 5. The number of nitrogens with zero attached hydrogens (tertiary/aromatic N) is 3. The average molecular weight is 407 g/mol. The van der Waals surface area contributed by atoms with Crippen molar-refractivity contribution in [3.05, 3.63) is 33.7 Å². The fourth-order valence-electron chi connectivity index (χ4n) is 2.53. The Balaban J connectivity index is 3.30. The number of benzene rings is 1. The zero-order valence-corrected chi connectivity index (χ0v) is 15.6. The van der Waals surface area contributed by atoms with Gasteiger partial charge in [0.15, 0.2) is 28.8 Å². The van der Waals surface area contributed by atoms with E-state index in [1.165, 1.54) is 6.07 Å². The van der Waals surface area contributed by atoms with Gasteiger partial charge in [-0.05, 0) is 6.42 Å². The van der Waals surface area contributed by atoms with E-state index in [0.717, 1.165) is 44.2 Å². The van der Waals surface area contributed by atoms with Gasteiger partial charge in [0.25, 0.3) is 0 Å². The van der Waals surface area contributed by atoms with Crippen LogP contribution >= 0.6 is 0 Å². The molecule has 0 N–H and O–H groups in total. The van der Waals surface area contributed by atoms with E-state index in [-0.39, 0.29) is 6.61 Å². The van der Waals surface area contributed by atoms with Crippen molar-refractivity contribution >= 4 is 17.1 Å². The number of carbonyl (C=O) groups is 1. The van der Waals surface area contributed by atoms with Crippen LogP contribution in [-0.4, -0.2) is 12.6 Å². The molecule has 1 aromatic rings. The van der Waals surface area contributed by atoms with E-state index in [9.17, 15) is 22.4 Å². The second kappa shape index (κ2) is 11.5. The maximum atomic E-state index is 14.3. The van der Waals surface area contributed by atoms with Gasteiger partial charge in [-0.25, -0.2) is 22.4 Å². The molecule has 1 aromatic carbocycles. The lowest BCUT2D eigenvalue weighted by atomic mass is 10.1. The van der Waals surface area contributed by atoms with Gasteiger partial charge in [-0.2, -0.15) is 15.8 Å². The lowest BCUT2D eigenvalue weighted by Crippen LogP contribution is -2.32. The summed E-state index contributed by atoms with van der Waals surface area (Å²) in [4.78, 5) is 12.0. The minimum absolute atomic E-state index is 0.136. The first-order valence-corrected chi connectivity index (χ1v) is 8.83. The van der Waals surface area contributed by atoms with Crippen LogP contribution in [0.1, 0.15) is 45.4 Å². The van der Waals surface area contributed by atoms with Crippen LogP contribution in [-0.2, 0) is 9.53 Å². The molecule has 0 unspecified atom stereocenters. The number of halogens is 4. The van der Waals surface area contributed by atoms with E-state index < -0.39 is 50.8 Å². The molecule has 0 amide bonds. The van der Waals surface area contributed by atoms with Crippen LogP contribution in [0, 0.1) is 57.3 Å². The van der Waals surface area contributed by atoms with E-state index in [4.69, 9.17) is 20.5 Å². The van der Waals surface area contributed by atoms with Crippen LogP contribution in [0.25, 0.3) is 11.1 Å². The Labute approximate surface area is 164 Å². The Morgan fingerprint density at radius 3 is 1.76 bits per heavy atom. The molecule has 1 rings (SSSR count). The fourth-order valence-corrected chi connectivity index (χ4v) is 2.53. The van der Waals surface area contributed by atoms with E-state index in [1.54, 1.807) is 0 Å². The summed E-state index contributed by atoms with van der Waals surface area (Å²) in [6.45, 7) is 1.92. The highest BCUT2D eigenvalue weighted by atomic mass is 19.2. The molecule has 0 atom stereocenters. The highest BCUT2D eigenvalue weighted by Gasteiger charge is 2.25. The van der Waals surface area contributed by atoms with Gasteiger partial charge in [-0.15, -0.1) is 0 Å². The third-order valence-corrected chi connectivity index (χ3v) is 4.03. The van der Waals surface area contributed by atoms with Crippen LogP contribution in [0.5, 0.6) is 0 Å². The first kappa shape index (κ1) is 23.7. The van der Waals surface area contributed by atoms with Crippen LogP contribution in [0.3, 0.4) is 0 Å². The number of carbonyl (C=O) groups excluding carboxylic acids is 1. The van der Waals surface area contributed by atoms with Crippen molar-refractivity contribution in [2.45, 2.75) is 45.4 Å². The summed E-state index contributed by atoms with van der Waals surface area (Å²) in [5, 5.41) is 23.4. The molecule has 0 fully saturated rings. The molecule has 0 saturated heterocycles. The molecule has 5 nitrogen and oxygen atoms in total. The van der Waals surface area contributed by atoms with Gasteiger partial charge < -0.3 is 4.74 Å². The monoisotopic (exact) mass is 407 g/mol. The normalized spacial score (nSPS) is 9.86. The SMILES string of the molecule is CCCCCCCCOC(=O)C(C#N)=c1c(F)c(F)c(=C(C#N)C#N)c(F)c1F. The lowest BCUT2D eigenvalue weighted by Gasteiger charge is -2.06. The summed E-state index contributed by atoms with van der Waals surface area (Å²) in [5.41, 5.74) is -2.46. The van der Waals surface area contributed by atoms with Gasteiger partial charge in [0.2, 0.25) is 0 Å². The predicted molar refractivity (Wildman–Crippen MR) is 93.5 cm³/mol. The van der Waals surface area contributed by atoms with Crippen molar-refractivity contribution in [3.63, 3.8) is 0 Å². The molecular weight excluding hydrogens is 390 g/mol. The molecular formula is C20H17F4N3O2. The van der Waals surface area contributed by atoms with Crippen molar-refractivity contribution in [2.24, 2.45) is 0 Å². The summed E-state index contributed by atoms with van der Waals surface area (Å²) < 4.78 is 61.7. The van der Waals surface area contributed by atoms with E-state index in [2.05, 4.69) is 6.92 Å². The molecule has 0 radical (unpaired) electrons. The van der Waals surface area contributed by atoms with E-state index >= 15 is 0 Å². The first-order valence-electron chi connectivity index (χ1n) is 8.83. The molecule has 29 heavy (non-hydrogen) atoms. The predicted octanol–water partition coefficient (Wildman–Crippen LogP) is 3.02. The highest BCUT2D eigenvalue weighted by molar-refractivity contribution is 6.15. The number of unbranched alkanes of at least 4 members (excludes halogenated alkanes) is 5. The van der Waals surface area contributed by atoms with Gasteiger partial charge in [0, 0.05) is 0 Å². The molecule has 0 aliphatic rings. The maximum absolute atomic E-state index is 14.3. The standard InChI is InChI=1S/C20H17F4N3O2/c1-2-3-4-5-6-7-8-29-20(28)13(11-27)15-18(23)16(21)14(12(9-25)10-26)17(22)19(15)24/h2-8H2,1H3. The van der Waals surface area contributed by atoms with Crippen molar-refractivity contribution in [3.8, 4) is 18.2 Å². The number of rotatable bonds is 8. The number of ether oxygens (including phenoxy) is 1. The maximum Gasteiger partial charge on any atom is 0.349 e. The smallest absolute Gasteiger partial charge is 0.349 e. The molecule has 0 aromatic heterocycles. The van der Waals surface area contributed by atoms with Gasteiger partial charge in [0.1, 0.15) is 23.8 Å². The third-order valence-electron chi connectivity index (χ3n) is 4.03. The van der Waals surface area contributed by atoms with Crippen molar-refractivity contribution in [1.82, 2.24) is 0 Å². The summed E-state index contributed by atoms with van der Waals surface area (Å²) in [6, 6.07) is 3.43. The topological polar surface area (TPSA) is 97.7 Å². The second-order valence-corrected chi connectivity index (χ2v) is 6.00. The van der Waals surface area contributed by atoms with Crippen LogP contribution in [0.15, 0.2) is 0 Å². The molecule has 0 aliphatic heterocycles. The summed E-state index contributed by atoms with van der Waals surface area (Å²) in [5.74, 6) is -9.71. The molecule has 0 spiro atoms. The largest absolute Gasteiger partial charge is 0.462 e. The zero-order chi connectivity index (χ0) is 22.0. The molecule has 0 saturated carbocycles. The highest BCUT2D eigenvalue weighted by Crippen LogP contribution is 2.09. The Bertz CT molecular complexity index is 979. The van der Waals surface area contributed by atoms with Crippen molar-refractivity contribution in [2.75, 3.05) is 6.61 Å². The third kappa shape index (κ3) is 5.56. The van der Waals surface area contributed by atoms with Crippen molar-refractivity contribution in [1.29, 1.82) is 15.8 Å². The Morgan fingerprint density at radius 1 is 0.793 bits per heavy atom. The second-order valence-electron chi connectivity index (χ2n) is 6.00. The zero-order valence-electron chi connectivity index (χ0n) is 15.6. The minimum Gasteiger partial charge on any atom is -0.462 e. The van der Waals surface area contributed by atoms with E-state index in [1.807, 2.05) is 0 Å². The van der Waals surface area contributed by atoms with Crippen LogP contribution in [0.2, 0.25) is 0 Å². The molecule has 0 aliphatic carbocycles. The molecule has 0 heterocycles. The fraction of sp³-hybridized carbons (Fsp3) is 0.400. The number of esters is 1. The molecule has 9 heteroatoms. The molecule has 152 valence electrons. The Kier molecular flexibility index (Phi) is 9.35. The Morgan fingerprint density at radius 2 is 1.28 bits per heavy atom. The Hall–Kier alpha value is -3.38. The van der Waals surface area contributed by atoms with Crippen LogP contribution in [0.4, 0.5) is 17.6 Å². The van der Waals surface area contributed by atoms with E-state index in [0.29, 0.717) is 6.42 Å². The van der Waals surface area contributed by atoms with Crippen molar-refractivity contribution < 1.29 is 27.1 Å². The quantitative estimate of drug-likeness (QED) is 0.286. The number of nitriles is 3. The molecule has 0 bridgehead atoms. The van der Waals surface area contributed by atoms with Gasteiger partial charge in [-0.1, -0.05) is 39.0 Å². The summed E-state index contributed by atoms with van der Waals surface area (Å²) >= 11 is 0. The van der Waals surface area contributed by atoms with Gasteiger partial charge in [0.05, 0.1) is 17.0 Å². The van der Waals surface area contributed by atoms with Gasteiger partial charge >= 0.3 is 5.97 Å². The van der Waals surface area contributed by atoms with Gasteiger partial charge in [-0.3, -0.25) is 0 Å². The summed E-state index contributed by atoms with van der Waals surface area (Å²) in [7, 11) is 0. The van der Waals surface area contributed by atoms with Crippen LogP contribution < -0.4 is 10.4 Å². The average Bonchev–Trinajstić information content (AvgIpc) is 2.72.